The van der Waals surface area contributed by atoms with E-state index in [0.717, 1.165) is 18.2 Å². The van der Waals surface area contributed by atoms with Crippen LogP contribution < -0.4 is 5.32 Å². The third kappa shape index (κ3) is 2.68. The van der Waals surface area contributed by atoms with E-state index >= 15 is 0 Å². The molecule has 18 heavy (non-hydrogen) atoms. The molecule has 0 radical (unpaired) electrons. The summed E-state index contributed by atoms with van der Waals surface area (Å²) in [4.78, 5) is 0. The first-order valence-electron chi connectivity index (χ1n) is 5.26. The molecule has 0 atom stereocenters. The smallest absolute Gasteiger partial charge is 0.146 e. The van der Waals surface area contributed by atoms with Gasteiger partial charge >= 0.3 is 0 Å². The second kappa shape index (κ2) is 4.91. The highest BCUT2D eigenvalue weighted by Gasteiger charge is 2.06. The Hall–Kier alpha value is -2.30. The number of hydrogen-bond acceptors (Lipinski definition) is 3. The van der Waals surface area contributed by atoms with E-state index in [-0.39, 0.29) is 23.7 Å². The lowest BCUT2D eigenvalue weighted by molar-refractivity contribution is 0.446. The van der Waals surface area contributed by atoms with Crippen molar-refractivity contribution >= 4 is 5.69 Å². The average molecular weight is 251 g/mol. The summed E-state index contributed by atoms with van der Waals surface area (Å²) >= 11 is 0. The predicted octanol–water partition coefficient (Wildman–Crippen LogP) is 2.99. The molecule has 2 rings (SSSR count). The standard InChI is InChI=1S/C13H11F2NO2/c14-9-2-4-11(15)12(5-9)16-7-8-1-3-10(17)6-13(8)18/h1-6,16-18H,7H2. The minimum atomic E-state index is -0.574. The third-order valence-corrected chi connectivity index (χ3v) is 2.47. The normalized spacial score (nSPS) is 10.3. The summed E-state index contributed by atoms with van der Waals surface area (Å²) in [5.41, 5.74) is 0.485. The molecule has 0 spiro atoms. The Morgan fingerprint density at radius 3 is 2.50 bits per heavy atom. The molecule has 2 aromatic carbocycles. The molecule has 0 aliphatic carbocycles. The van der Waals surface area contributed by atoms with Crippen LogP contribution >= 0.6 is 0 Å². The van der Waals surface area contributed by atoms with Gasteiger partial charge in [0.15, 0.2) is 0 Å². The van der Waals surface area contributed by atoms with Gasteiger partial charge in [-0.3, -0.25) is 0 Å². The van der Waals surface area contributed by atoms with Crippen molar-refractivity contribution in [1.29, 1.82) is 0 Å². The molecule has 0 amide bonds. The van der Waals surface area contributed by atoms with E-state index in [1.54, 1.807) is 0 Å². The zero-order valence-electron chi connectivity index (χ0n) is 9.32. The number of hydrogen-bond donors (Lipinski definition) is 3. The maximum Gasteiger partial charge on any atom is 0.146 e. The van der Waals surface area contributed by atoms with Crippen LogP contribution in [-0.4, -0.2) is 10.2 Å². The van der Waals surface area contributed by atoms with Crippen LogP contribution in [0.3, 0.4) is 0 Å². The van der Waals surface area contributed by atoms with Crippen molar-refractivity contribution in [3.63, 3.8) is 0 Å². The number of rotatable bonds is 3. The molecule has 0 saturated carbocycles. The molecule has 0 unspecified atom stereocenters. The summed E-state index contributed by atoms with van der Waals surface area (Å²) < 4.78 is 26.2. The van der Waals surface area contributed by atoms with Crippen molar-refractivity contribution in [2.75, 3.05) is 5.32 Å². The highest BCUT2D eigenvalue weighted by Crippen LogP contribution is 2.24. The molecule has 94 valence electrons. The number of phenolic OH excluding ortho intramolecular Hbond substituents is 2. The summed E-state index contributed by atoms with van der Waals surface area (Å²) in [6.07, 6.45) is 0. The van der Waals surface area contributed by atoms with Crippen LogP contribution in [0.5, 0.6) is 11.5 Å². The van der Waals surface area contributed by atoms with Gasteiger partial charge in [-0.05, 0) is 30.3 Å². The maximum atomic E-state index is 13.3. The zero-order chi connectivity index (χ0) is 13.1. The van der Waals surface area contributed by atoms with Gasteiger partial charge in [-0.25, -0.2) is 8.78 Å². The lowest BCUT2D eigenvalue weighted by Gasteiger charge is -2.09. The second-order valence-electron chi connectivity index (χ2n) is 3.79. The van der Waals surface area contributed by atoms with Crippen molar-refractivity contribution in [3.05, 3.63) is 53.6 Å². The molecule has 0 aromatic heterocycles. The Morgan fingerprint density at radius 2 is 1.78 bits per heavy atom. The quantitative estimate of drug-likeness (QED) is 0.786. The average Bonchev–Trinajstić information content (AvgIpc) is 2.32. The maximum absolute atomic E-state index is 13.3. The molecule has 3 N–H and O–H groups in total. The topological polar surface area (TPSA) is 52.5 Å². The van der Waals surface area contributed by atoms with Gasteiger partial charge in [0, 0.05) is 18.2 Å². The van der Waals surface area contributed by atoms with Gasteiger partial charge in [0.2, 0.25) is 0 Å². The van der Waals surface area contributed by atoms with Gasteiger partial charge in [-0.2, -0.15) is 0 Å². The van der Waals surface area contributed by atoms with Gasteiger partial charge in [0.05, 0.1) is 5.69 Å². The highest BCUT2D eigenvalue weighted by atomic mass is 19.1. The summed E-state index contributed by atoms with van der Waals surface area (Å²) in [7, 11) is 0. The largest absolute Gasteiger partial charge is 0.508 e. The van der Waals surface area contributed by atoms with Crippen molar-refractivity contribution in [2.45, 2.75) is 6.54 Å². The van der Waals surface area contributed by atoms with Gasteiger partial charge in [-0.15, -0.1) is 0 Å². The first-order chi connectivity index (χ1) is 8.56. The SMILES string of the molecule is Oc1ccc(CNc2cc(F)ccc2F)c(O)c1. The Labute approximate surface area is 102 Å². The summed E-state index contributed by atoms with van der Waals surface area (Å²) in [6, 6.07) is 7.16. The number of halogens is 2. The number of anilines is 1. The summed E-state index contributed by atoms with van der Waals surface area (Å²) in [5, 5.41) is 21.3. The molecule has 0 bridgehead atoms. The van der Waals surface area contributed by atoms with Gasteiger partial charge in [0.1, 0.15) is 23.1 Å². The Bertz CT molecular complexity index is 573. The van der Waals surface area contributed by atoms with Crippen LogP contribution in [0.2, 0.25) is 0 Å². The van der Waals surface area contributed by atoms with Gasteiger partial charge < -0.3 is 15.5 Å². The fourth-order valence-electron chi connectivity index (χ4n) is 1.53. The molecular formula is C13H11F2NO2. The van der Waals surface area contributed by atoms with Crippen molar-refractivity contribution in [1.82, 2.24) is 0 Å². The highest BCUT2D eigenvalue weighted by molar-refractivity contribution is 5.47. The van der Waals surface area contributed by atoms with Crippen LogP contribution in [0.1, 0.15) is 5.56 Å². The first-order valence-corrected chi connectivity index (χ1v) is 5.26. The van der Waals surface area contributed by atoms with E-state index in [4.69, 9.17) is 5.11 Å². The lowest BCUT2D eigenvalue weighted by atomic mass is 10.2. The molecule has 5 heteroatoms. The van der Waals surface area contributed by atoms with E-state index in [9.17, 15) is 13.9 Å². The predicted molar refractivity (Wildman–Crippen MR) is 63.5 cm³/mol. The molecule has 0 aliphatic heterocycles. The fourth-order valence-corrected chi connectivity index (χ4v) is 1.53. The molecular weight excluding hydrogens is 240 g/mol. The number of phenols is 2. The monoisotopic (exact) mass is 251 g/mol. The number of benzene rings is 2. The zero-order valence-corrected chi connectivity index (χ0v) is 9.32. The van der Waals surface area contributed by atoms with Crippen LogP contribution in [0.15, 0.2) is 36.4 Å². The fraction of sp³-hybridized carbons (Fsp3) is 0.0769. The lowest BCUT2D eigenvalue weighted by Crippen LogP contribution is -2.02. The second-order valence-corrected chi connectivity index (χ2v) is 3.79. The minimum Gasteiger partial charge on any atom is -0.508 e. The van der Waals surface area contributed by atoms with Crippen LogP contribution in [0.25, 0.3) is 0 Å². The molecule has 0 saturated heterocycles. The Kier molecular flexibility index (Phi) is 3.32. The number of nitrogens with one attached hydrogen (secondary N) is 1. The molecule has 2 aromatic rings. The Morgan fingerprint density at radius 1 is 1.00 bits per heavy atom. The van der Waals surface area contributed by atoms with Gasteiger partial charge in [0.25, 0.3) is 0 Å². The van der Waals surface area contributed by atoms with E-state index in [1.165, 1.54) is 18.2 Å². The van der Waals surface area contributed by atoms with E-state index in [0.29, 0.717) is 5.56 Å². The minimum absolute atomic E-state index is 0.0162. The summed E-state index contributed by atoms with van der Waals surface area (Å²) in [5.74, 6) is -1.30. The van der Waals surface area contributed by atoms with Crippen molar-refractivity contribution < 1.29 is 19.0 Å². The number of aromatic hydroxyl groups is 2. The first kappa shape index (κ1) is 12.2. The molecule has 3 nitrogen and oxygen atoms in total. The van der Waals surface area contributed by atoms with Crippen LogP contribution in [-0.2, 0) is 6.54 Å². The van der Waals surface area contributed by atoms with Crippen LogP contribution in [0.4, 0.5) is 14.5 Å². The van der Waals surface area contributed by atoms with Crippen LogP contribution in [0, 0.1) is 11.6 Å². The molecule has 0 heterocycles. The Balaban J connectivity index is 2.13. The molecule has 0 fully saturated rings. The summed E-state index contributed by atoms with van der Waals surface area (Å²) in [6.45, 7) is 0.118. The third-order valence-electron chi connectivity index (χ3n) is 2.47. The van der Waals surface area contributed by atoms with E-state index < -0.39 is 11.6 Å². The van der Waals surface area contributed by atoms with E-state index in [2.05, 4.69) is 5.32 Å². The van der Waals surface area contributed by atoms with Crippen molar-refractivity contribution in [3.8, 4) is 11.5 Å². The van der Waals surface area contributed by atoms with Crippen molar-refractivity contribution in [2.24, 2.45) is 0 Å². The molecule has 0 aliphatic rings. The van der Waals surface area contributed by atoms with Gasteiger partial charge in [-0.1, -0.05) is 0 Å². The van der Waals surface area contributed by atoms with E-state index in [1.807, 2.05) is 0 Å².